The fourth-order valence-electron chi connectivity index (χ4n) is 2.00. The molecule has 2 amide bonds. The fraction of sp³-hybridized carbons (Fsp3) is 0.176. The molecule has 23 heavy (non-hydrogen) atoms. The van der Waals surface area contributed by atoms with E-state index in [0.29, 0.717) is 6.54 Å². The van der Waals surface area contributed by atoms with Crippen LogP contribution in [0.15, 0.2) is 53.0 Å². The van der Waals surface area contributed by atoms with E-state index in [-0.39, 0.29) is 18.0 Å². The van der Waals surface area contributed by atoms with Crippen LogP contribution in [0.4, 0.5) is 4.39 Å². The van der Waals surface area contributed by atoms with Crippen molar-refractivity contribution >= 4 is 27.7 Å². The highest BCUT2D eigenvalue weighted by molar-refractivity contribution is 9.10. The van der Waals surface area contributed by atoms with Gasteiger partial charge in [0, 0.05) is 18.1 Å². The third-order valence-corrected chi connectivity index (χ3v) is 4.08. The maximum atomic E-state index is 13.5. The van der Waals surface area contributed by atoms with Crippen molar-refractivity contribution in [1.82, 2.24) is 10.2 Å². The number of benzene rings is 2. The molecule has 0 atom stereocenters. The summed E-state index contributed by atoms with van der Waals surface area (Å²) in [5.74, 6) is -1.48. The van der Waals surface area contributed by atoms with Crippen LogP contribution >= 0.6 is 15.9 Å². The Morgan fingerprint density at radius 2 is 1.78 bits per heavy atom. The van der Waals surface area contributed by atoms with E-state index in [0.717, 1.165) is 10.0 Å². The molecule has 0 radical (unpaired) electrons. The van der Waals surface area contributed by atoms with Gasteiger partial charge in [0.05, 0.1) is 12.1 Å². The van der Waals surface area contributed by atoms with E-state index in [4.69, 9.17) is 0 Å². The summed E-state index contributed by atoms with van der Waals surface area (Å²) in [5.41, 5.74) is 0.887. The molecule has 0 aliphatic carbocycles. The molecule has 4 nitrogen and oxygen atoms in total. The highest BCUT2D eigenvalue weighted by Crippen LogP contribution is 2.17. The van der Waals surface area contributed by atoms with Gasteiger partial charge in [0.2, 0.25) is 5.91 Å². The van der Waals surface area contributed by atoms with Crippen LogP contribution in [-0.4, -0.2) is 30.3 Å². The molecule has 0 aliphatic heterocycles. The van der Waals surface area contributed by atoms with Crippen molar-refractivity contribution in [2.24, 2.45) is 0 Å². The highest BCUT2D eigenvalue weighted by atomic mass is 79.9. The van der Waals surface area contributed by atoms with Crippen molar-refractivity contribution in [3.05, 3.63) is 69.9 Å². The number of likely N-dealkylation sites (N-methyl/N-ethyl adjacent to an activating group) is 1. The Labute approximate surface area is 142 Å². The lowest BCUT2D eigenvalue weighted by molar-refractivity contribution is -0.129. The number of nitrogens with zero attached hydrogens (tertiary/aromatic N) is 1. The standard InChI is InChI=1S/C17H16BrFN2O2/c1-21(11-12-6-2-4-8-14(12)18)16(22)10-20-17(23)13-7-3-5-9-15(13)19/h2-9H,10-11H2,1H3,(H,20,23). The second kappa shape index (κ2) is 7.87. The first-order chi connectivity index (χ1) is 11.0. The Bertz CT molecular complexity index is 721. The van der Waals surface area contributed by atoms with Gasteiger partial charge < -0.3 is 10.2 Å². The van der Waals surface area contributed by atoms with E-state index < -0.39 is 11.7 Å². The molecule has 6 heteroatoms. The average molecular weight is 379 g/mol. The van der Waals surface area contributed by atoms with Crippen LogP contribution in [0.5, 0.6) is 0 Å². The molecule has 0 spiro atoms. The molecule has 0 aliphatic rings. The molecule has 0 aromatic heterocycles. The summed E-state index contributed by atoms with van der Waals surface area (Å²) in [6.45, 7) is 0.226. The van der Waals surface area contributed by atoms with Crippen molar-refractivity contribution < 1.29 is 14.0 Å². The van der Waals surface area contributed by atoms with Crippen LogP contribution in [0, 0.1) is 5.82 Å². The molecule has 0 heterocycles. The molecular weight excluding hydrogens is 363 g/mol. The zero-order chi connectivity index (χ0) is 16.8. The molecule has 2 aromatic carbocycles. The SMILES string of the molecule is CN(Cc1ccccc1Br)C(=O)CNC(=O)c1ccccc1F. The Morgan fingerprint density at radius 3 is 2.48 bits per heavy atom. The van der Waals surface area contributed by atoms with Gasteiger partial charge in [-0.1, -0.05) is 46.3 Å². The third kappa shape index (κ3) is 4.63. The second-order valence-corrected chi connectivity index (χ2v) is 5.86. The topological polar surface area (TPSA) is 49.4 Å². The van der Waals surface area contributed by atoms with E-state index in [9.17, 15) is 14.0 Å². The first-order valence-corrected chi connectivity index (χ1v) is 7.78. The monoisotopic (exact) mass is 378 g/mol. The minimum atomic E-state index is -0.612. The predicted octanol–water partition coefficient (Wildman–Crippen LogP) is 2.98. The van der Waals surface area contributed by atoms with Crippen molar-refractivity contribution in [1.29, 1.82) is 0 Å². The van der Waals surface area contributed by atoms with Gasteiger partial charge in [-0.2, -0.15) is 0 Å². The van der Waals surface area contributed by atoms with Gasteiger partial charge in [-0.25, -0.2) is 4.39 Å². The van der Waals surface area contributed by atoms with Crippen LogP contribution < -0.4 is 5.32 Å². The lowest BCUT2D eigenvalue weighted by Gasteiger charge is -2.18. The maximum Gasteiger partial charge on any atom is 0.254 e. The van der Waals surface area contributed by atoms with Gasteiger partial charge in [0.25, 0.3) is 5.91 Å². The quantitative estimate of drug-likeness (QED) is 0.869. The zero-order valence-corrected chi connectivity index (χ0v) is 14.1. The lowest BCUT2D eigenvalue weighted by Crippen LogP contribution is -2.38. The number of amides is 2. The Kier molecular flexibility index (Phi) is 5.87. The maximum absolute atomic E-state index is 13.5. The molecule has 0 saturated heterocycles. The summed E-state index contributed by atoms with van der Waals surface area (Å²) in [4.78, 5) is 25.5. The molecule has 1 N–H and O–H groups in total. The number of hydrogen-bond acceptors (Lipinski definition) is 2. The highest BCUT2D eigenvalue weighted by Gasteiger charge is 2.15. The number of carbonyl (C=O) groups is 2. The van der Waals surface area contributed by atoms with Crippen molar-refractivity contribution in [2.75, 3.05) is 13.6 Å². The van der Waals surface area contributed by atoms with Crippen molar-refractivity contribution in [3.8, 4) is 0 Å². The largest absolute Gasteiger partial charge is 0.343 e. The first-order valence-electron chi connectivity index (χ1n) is 6.99. The summed E-state index contributed by atoms with van der Waals surface area (Å²) in [6, 6.07) is 13.2. The summed E-state index contributed by atoms with van der Waals surface area (Å²) in [7, 11) is 1.65. The zero-order valence-electron chi connectivity index (χ0n) is 12.6. The summed E-state index contributed by atoms with van der Waals surface area (Å²) >= 11 is 3.43. The van der Waals surface area contributed by atoms with Crippen molar-refractivity contribution in [2.45, 2.75) is 6.54 Å². The normalized spacial score (nSPS) is 10.2. The molecule has 2 aromatic rings. The Hall–Kier alpha value is -2.21. The van der Waals surface area contributed by atoms with Crippen LogP contribution in [-0.2, 0) is 11.3 Å². The average Bonchev–Trinajstić information content (AvgIpc) is 2.54. The number of nitrogens with one attached hydrogen (secondary N) is 1. The second-order valence-electron chi connectivity index (χ2n) is 5.00. The van der Waals surface area contributed by atoms with Crippen molar-refractivity contribution in [3.63, 3.8) is 0 Å². The molecule has 0 saturated carbocycles. The smallest absolute Gasteiger partial charge is 0.254 e. The minimum absolute atomic E-state index is 0.0752. The number of rotatable bonds is 5. The first kappa shape index (κ1) is 17.1. The molecular formula is C17H16BrFN2O2. The minimum Gasteiger partial charge on any atom is -0.343 e. The van der Waals surface area contributed by atoms with Crippen LogP contribution in [0.3, 0.4) is 0 Å². The molecule has 0 unspecified atom stereocenters. The summed E-state index contributed by atoms with van der Waals surface area (Å²) < 4.78 is 14.4. The third-order valence-electron chi connectivity index (χ3n) is 3.31. The predicted molar refractivity (Wildman–Crippen MR) is 89.3 cm³/mol. The molecule has 2 rings (SSSR count). The lowest BCUT2D eigenvalue weighted by atomic mass is 10.2. The van der Waals surface area contributed by atoms with Gasteiger partial charge in [-0.15, -0.1) is 0 Å². The van der Waals surface area contributed by atoms with E-state index in [1.807, 2.05) is 24.3 Å². The number of hydrogen-bond donors (Lipinski definition) is 1. The van der Waals surface area contributed by atoms with Gasteiger partial charge in [0.15, 0.2) is 0 Å². The Balaban J connectivity index is 1.91. The van der Waals surface area contributed by atoms with Crippen LogP contribution in [0.2, 0.25) is 0 Å². The Morgan fingerprint density at radius 1 is 1.13 bits per heavy atom. The number of carbonyl (C=O) groups excluding carboxylic acids is 2. The molecule has 0 bridgehead atoms. The summed E-state index contributed by atoms with van der Waals surface area (Å²) in [6.07, 6.45) is 0. The van der Waals surface area contributed by atoms with E-state index in [2.05, 4.69) is 21.2 Å². The van der Waals surface area contributed by atoms with Gasteiger partial charge in [-0.05, 0) is 23.8 Å². The van der Waals surface area contributed by atoms with Crippen LogP contribution in [0.1, 0.15) is 15.9 Å². The van der Waals surface area contributed by atoms with E-state index in [1.54, 1.807) is 13.1 Å². The van der Waals surface area contributed by atoms with Gasteiger partial charge >= 0.3 is 0 Å². The molecule has 120 valence electrons. The number of halogens is 2. The van der Waals surface area contributed by atoms with Gasteiger partial charge in [-0.3, -0.25) is 9.59 Å². The summed E-state index contributed by atoms with van der Waals surface area (Å²) in [5, 5.41) is 2.44. The molecule has 0 fully saturated rings. The van der Waals surface area contributed by atoms with Gasteiger partial charge in [0.1, 0.15) is 5.82 Å². The fourth-order valence-corrected chi connectivity index (χ4v) is 2.41. The van der Waals surface area contributed by atoms with E-state index in [1.165, 1.54) is 23.1 Å². The van der Waals surface area contributed by atoms with Crippen LogP contribution in [0.25, 0.3) is 0 Å². The van der Waals surface area contributed by atoms with E-state index >= 15 is 0 Å².